The van der Waals surface area contributed by atoms with E-state index in [9.17, 15) is 14.7 Å². The van der Waals surface area contributed by atoms with E-state index in [1.807, 2.05) is 30.3 Å². The van der Waals surface area contributed by atoms with Gasteiger partial charge in [-0.15, -0.1) is 0 Å². The Balaban J connectivity index is 1.56. The minimum absolute atomic E-state index is 0.122. The summed E-state index contributed by atoms with van der Waals surface area (Å²) in [4.78, 5) is 25.0. The van der Waals surface area contributed by atoms with Gasteiger partial charge >= 0.3 is 5.97 Å². The molecule has 1 amide bonds. The topological polar surface area (TPSA) is 107 Å². The summed E-state index contributed by atoms with van der Waals surface area (Å²) in [5, 5.41) is 24.4. The zero-order chi connectivity index (χ0) is 24.4. The molecule has 35 heavy (non-hydrogen) atoms. The first-order chi connectivity index (χ1) is 17.0. The smallest absolute Gasteiger partial charge is 0.336 e. The summed E-state index contributed by atoms with van der Waals surface area (Å²) >= 11 is 0. The minimum atomic E-state index is -1.06. The van der Waals surface area contributed by atoms with Crippen LogP contribution >= 0.6 is 0 Å². The summed E-state index contributed by atoms with van der Waals surface area (Å²) < 4.78 is 5.92. The van der Waals surface area contributed by atoms with E-state index in [-0.39, 0.29) is 11.5 Å². The van der Waals surface area contributed by atoms with Crippen LogP contribution in [0.25, 0.3) is 17.4 Å². The normalized spacial score (nSPS) is 14.1. The highest BCUT2D eigenvalue weighted by Gasteiger charge is 2.32. The number of benzene rings is 3. The summed E-state index contributed by atoms with van der Waals surface area (Å²) in [6.07, 6.45) is 1.60. The lowest BCUT2D eigenvalue weighted by molar-refractivity contribution is -0.114. The van der Waals surface area contributed by atoms with Crippen molar-refractivity contribution < 1.29 is 19.1 Å². The van der Waals surface area contributed by atoms with Crippen molar-refractivity contribution >= 4 is 29.4 Å². The number of carbonyl (C=O) groups is 2. The Labute approximate surface area is 200 Å². The van der Waals surface area contributed by atoms with E-state index < -0.39 is 5.97 Å². The summed E-state index contributed by atoms with van der Waals surface area (Å²) in [5.41, 5.74) is 3.13. The Kier molecular flexibility index (Phi) is 5.54. The van der Waals surface area contributed by atoms with E-state index in [0.29, 0.717) is 39.6 Å². The maximum absolute atomic E-state index is 13.4. The number of hydrogen-bond acceptors (Lipinski definition) is 5. The molecular formula is C28H17N3O4. The first kappa shape index (κ1) is 21.6. The van der Waals surface area contributed by atoms with Crippen LogP contribution in [0.15, 0.2) is 106 Å². The highest BCUT2D eigenvalue weighted by atomic mass is 16.4. The van der Waals surface area contributed by atoms with Gasteiger partial charge < -0.3 is 9.52 Å². The van der Waals surface area contributed by atoms with Crippen LogP contribution in [-0.2, 0) is 4.79 Å². The quantitative estimate of drug-likeness (QED) is 0.405. The van der Waals surface area contributed by atoms with Crippen molar-refractivity contribution in [2.75, 3.05) is 5.01 Å². The summed E-state index contributed by atoms with van der Waals surface area (Å²) in [7, 11) is 0. The molecule has 0 bridgehead atoms. The van der Waals surface area contributed by atoms with Crippen LogP contribution in [0.4, 0.5) is 5.69 Å². The van der Waals surface area contributed by atoms with Crippen LogP contribution in [0.3, 0.4) is 0 Å². The van der Waals surface area contributed by atoms with Crippen molar-refractivity contribution in [3.05, 3.63) is 119 Å². The molecule has 3 aromatic carbocycles. The SMILES string of the molecule is N#Cc1ccc(N2N=C(c3ccccc3)/C(=C/c3ccc(-c4ccccc4C(=O)O)o3)C2=O)cc1. The maximum Gasteiger partial charge on any atom is 0.336 e. The Bertz CT molecular complexity index is 1540. The summed E-state index contributed by atoms with van der Waals surface area (Å²) in [6, 6.07) is 27.9. The molecule has 0 unspecified atom stereocenters. The van der Waals surface area contributed by atoms with E-state index in [1.165, 1.54) is 11.1 Å². The van der Waals surface area contributed by atoms with E-state index in [2.05, 4.69) is 11.2 Å². The van der Waals surface area contributed by atoms with Gasteiger partial charge in [-0.1, -0.05) is 48.5 Å². The molecule has 0 spiro atoms. The highest BCUT2D eigenvalue weighted by molar-refractivity contribution is 6.37. The zero-order valence-electron chi connectivity index (χ0n) is 18.3. The predicted octanol–water partition coefficient (Wildman–Crippen LogP) is 5.35. The molecule has 4 aromatic rings. The van der Waals surface area contributed by atoms with Crippen molar-refractivity contribution in [1.82, 2.24) is 0 Å². The van der Waals surface area contributed by atoms with Crippen LogP contribution in [0.2, 0.25) is 0 Å². The third kappa shape index (κ3) is 4.12. The van der Waals surface area contributed by atoms with Gasteiger partial charge in [0.2, 0.25) is 0 Å². The lowest BCUT2D eigenvalue weighted by Crippen LogP contribution is -2.21. The maximum atomic E-state index is 13.4. The van der Waals surface area contributed by atoms with Crippen molar-refractivity contribution in [3.8, 4) is 17.4 Å². The van der Waals surface area contributed by atoms with Crippen LogP contribution in [0.5, 0.6) is 0 Å². The van der Waals surface area contributed by atoms with Gasteiger partial charge in [-0.25, -0.2) is 4.79 Å². The number of aromatic carboxylic acids is 1. The second-order valence-corrected chi connectivity index (χ2v) is 7.70. The molecule has 1 aliphatic heterocycles. The Morgan fingerprint density at radius 3 is 2.37 bits per heavy atom. The number of nitriles is 1. The number of carboxylic acids is 1. The molecule has 0 saturated carbocycles. The fourth-order valence-corrected chi connectivity index (χ4v) is 3.81. The number of hydrazone groups is 1. The van der Waals surface area contributed by atoms with Crippen molar-refractivity contribution in [2.45, 2.75) is 0 Å². The average molecular weight is 459 g/mol. The lowest BCUT2D eigenvalue weighted by atomic mass is 10.0. The summed E-state index contributed by atoms with van der Waals surface area (Å²) in [5.74, 6) is -0.645. The van der Waals surface area contributed by atoms with E-state index in [4.69, 9.17) is 9.68 Å². The van der Waals surface area contributed by atoms with Gasteiger partial charge in [0, 0.05) is 11.1 Å². The standard InChI is InChI=1S/C28H17N3O4/c29-17-18-10-12-20(13-11-18)31-27(32)24(26(30-31)19-6-2-1-3-7-19)16-21-14-15-25(35-21)22-8-4-5-9-23(22)28(33)34/h1-16H,(H,33,34)/b24-16-. The largest absolute Gasteiger partial charge is 0.478 e. The zero-order valence-corrected chi connectivity index (χ0v) is 18.3. The van der Waals surface area contributed by atoms with Crippen LogP contribution in [0, 0.1) is 11.3 Å². The fraction of sp³-hybridized carbons (Fsp3) is 0. The number of carboxylic acid groups (broad SMARTS) is 1. The van der Waals surface area contributed by atoms with Gasteiger partial charge in [-0.05, 0) is 48.5 Å². The van der Waals surface area contributed by atoms with Crippen LogP contribution in [0.1, 0.15) is 27.2 Å². The third-order valence-corrected chi connectivity index (χ3v) is 5.50. The van der Waals surface area contributed by atoms with Gasteiger partial charge in [0.05, 0.1) is 28.5 Å². The number of furan rings is 1. The van der Waals surface area contributed by atoms with Crippen LogP contribution < -0.4 is 5.01 Å². The molecule has 168 valence electrons. The second kappa shape index (κ2) is 8.96. The number of amides is 1. The van der Waals surface area contributed by atoms with E-state index >= 15 is 0 Å². The van der Waals surface area contributed by atoms with Gasteiger partial charge in [0.25, 0.3) is 5.91 Å². The number of nitrogens with zero attached hydrogens (tertiary/aromatic N) is 3. The van der Waals surface area contributed by atoms with E-state index in [1.54, 1.807) is 60.7 Å². The first-order valence-corrected chi connectivity index (χ1v) is 10.7. The van der Waals surface area contributed by atoms with Gasteiger partial charge in [-0.2, -0.15) is 15.4 Å². The number of carbonyl (C=O) groups excluding carboxylic acids is 1. The lowest BCUT2D eigenvalue weighted by Gasteiger charge is -2.11. The molecule has 0 radical (unpaired) electrons. The number of rotatable bonds is 5. The minimum Gasteiger partial charge on any atom is -0.478 e. The number of anilines is 1. The predicted molar refractivity (Wildman–Crippen MR) is 131 cm³/mol. The van der Waals surface area contributed by atoms with Gasteiger partial charge in [0.1, 0.15) is 17.2 Å². The van der Waals surface area contributed by atoms with Gasteiger partial charge in [-0.3, -0.25) is 4.79 Å². The molecule has 7 heteroatoms. The molecule has 0 fully saturated rings. The molecule has 1 N–H and O–H groups in total. The Morgan fingerprint density at radius 2 is 1.66 bits per heavy atom. The molecule has 0 saturated heterocycles. The molecule has 5 rings (SSSR count). The second-order valence-electron chi connectivity index (χ2n) is 7.70. The van der Waals surface area contributed by atoms with Crippen molar-refractivity contribution in [3.63, 3.8) is 0 Å². The third-order valence-electron chi connectivity index (χ3n) is 5.50. The van der Waals surface area contributed by atoms with Crippen molar-refractivity contribution in [1.29, 1.82) is 5.26 Å². The molecule has 1 aromatic heterocycles. The Hall–Kier alpha value is -5.22. The average Bonchev–Trinajstić information content (AvgIpc) is 3.49. The number of hydrogen-bond donors (Lipinski definition) is 1. The van der Waals surface area contributed by atoms with E-state index in [0.717, 1.165) is 5.56 Å². The fourth-order valence-electron chi connectivity index (χ4n) is 3.81. The Morgan fingerprint density at radius 1 is 0.943 bits per heavy atom. The monoisotopic (exact) mass is 459 g/mol. The molecule has 2 heterocycles. The van der Waals surface area contributed by atoms with Gasteiger partial charge in [0.15, 0.2) is 0 Å². The molecule has 1 aliphatic rings. The first-order valence-electron chi connectivity index (χ1n) is 10.7. The molecular weight excluding hydrogens is 442 g/mol. The molecule has 0 atom stereocenters. The van der Waals surface area contributed by atoms with Crippen molar-refractivity contribution in [2.24, 2.45) is 5.10 Å². The highest BCUT2D eigenvalue weighted by Crippen LogP contribution is 2.31. The molecule has 0 aliphatic carbocycles. The molecule has 7 nitrogen and oxygen atoms in total. The van der Waals surface area contributed by atoms with Crippen LogP contribution in [-0.4, -0.2) is 22.7 Å². The summed E-state index contributed by atoms with van der Waals surface area (Å²) in [6.45, 7) is 0.